The molecule has 1 amide bonds. The zero-order chi connectivity index (χ0) is 13.7. The van der Waals surface area contributed by atoms with E-state index in [0.717, 1.165) is 5.56 Å². The van der Waals surface area contributed by atoms with Crippen molar-refractivity contribution in [1.82, 2.24) is 9.88 Å². The third kappa shape index (κ3) is 3.13. The van der Waals surface area contributed by atoms with Crippen molar-refractivity contribution < 1.29 is 13.9 Å². The third-order valence-electron chi connectivity index (χ3n) is 2.62. The number of carbonyl (C=O) groups is 1. The van der Waals surface area contributed by atoms with Gasteiger partial charge in [-0.2, -0.15) is 0 Å². The van der Waals surface area contributed by atoms with E-state index in [4.69, 9.17) is 9.15 Å². The van der Waals surface area contributed by atoms with E-state index in [2.05, 4.69) is 4.98 Å². The van der Waals surface area contributed by atoms with Gasteiger partial charge in [0.2, 0.25) is 5.88 Å². The highest BCUT2D eigenvalue weighted by atomic mass is 16.5. The minimum absolute atomic E-state index is 0.170. The third-order valence-corrected chi connectivity index (χ3v) is 2.62. The number of carbonyl (C=O) groups excluding carboxylic acids is 1. The van der Waals surface area contributed by atoms with Crippen LogP contribution in [-0.2, 0) is 6.54 Å². The summed E-state index contributed by atoms with van der Waals surface area (Å²) < 4.78 is 10.5. The zero-order valence-electron chi connectivity index (χ0n) is 11.0. The van der Waals surface area contributed by atoms with Gasteiger partial charge in [0, 0.05) is 18.8 Å². The average molecular weight is 260 g/mol. The Kier molecular flexibility index (Phi) is 4.18. The van der Waals surface area contributed by atoms with Crippen LogP contribution in [0.3, 0.4) is 0 Å². The van der Waals surface area contributed by atoms with Gasteiger partial charge in [0.05, 0.1) is 19.4 Å². The molecule has 0 bridgehead atoms. The number of aromatic nitrogens is 1. The van der Waals surface area contributed by atoms with Crippen LogP contribution in [0.2, 0.25) is 0 Å². The highest BCUT2D eigenvalue weighted by Gasteiger charge is 2.16. The van der Waals surface area contributed by atoms with Crippen LogP contribution in [0.5, 0.6) is 5.88 Å². The standard InChI is InChI=1S/C14H16N2O3/c1-3-18-13-11(6-4-8-15-13)10-16(2)14(17)12-7-5-9-19-12/h4-9H,3,10H2,1-2H3. The highest BCUT2D eigenvalue weighted by molar-refractivity contribution is 5.91. The second kappa shape index (κ2) is 6.04. The van der Waals surface area contributed by atoms with Crippen molar-refractivity contribution in [2.45, 2.75) is 13.5 Å². The Morgan fingerprint density at radius 1 is 1.42 bits per heavy atom. The number of hydrogen-bond acceptors (Lipinski definition) is 4. The number of amides is 1. The molecule has 2 aromatic heterocycles. The van der Waals surface area contributed by atoms with Crippen LogP contribution in [0.1, 0.15) is 23.0 Å². The van der Waals surface area contributed by atoms with Gasteiger partial charge in [-0.15, -0.1) is 0 Å². The number of pyridine rings is 1. The zero-order valence-corrected chi connectivity index (χ0v) is 11.0. The van der Waals surface area contributed by atoms with E-state index in [1.807, 2.05) is 19.1 Å². The van der Waals surface area contributed by atoms with Crippen LogP contribution in [-0.4, -0.2) is 29.4 Å². The van der Waals surface area contributed by atoms with Crippen molar-refractivity contribution in [2.75, 3.05) is 13.7 Å². The Hall–Kier alpha value is -2.30. The van der Waals surface area contributed by atoms with Crippen molar-refractivity contribution in [1.29, 1.82) is 0 Å². The van der Waals surface area contributed by atoms with Crippen LogP contribution < -0.4 is 4.74 Å². The molecule has 19 heavy (non-hydrogen) atoms. The SMILES string of the molecule is CCOc1ncccc1CN(C)C(=O)c1ccco1. The molecule has 0 saturated carbocycles. The lowest BCUT2D eigenvalue weighted by atomic mass is 10.2. The first-order chi connectivity index (χ1) is 9.22. The lowest BCUT2D eigenvalue weighted by Gasteiger charge is -2.17. The molecule has 100 valence electrons. The maximum absolute atomic E-state index is 12.1. The van der Waals surface area contributed by atoms with Gasteiger partial charge in [-0.25, -0.2) is 4.98 Å². The number of hydrogen-bond donors (Lipinski definition) is 0. The normalized spacial score (nSPS) is 10.2. The van der Waals surface area contributed by atoms with E-state index >= 15 is 0 Å². The second-order valence-electron chi connectivity index (χ2n) is 4.04. The Bertz CT molecular complexity index is 537. The fourth-order valence-electron chi connectivity index (χ4n) is 1.73. The van der Waals surface area contributed by atoms with E-state index in [-0.39, 0.29) is 5.91 Å². The minimum atomic E-state index is -0.170. The van der Waals surface area contributed by atoms with E-state index in [9.17, 15) is 4.79 Å². The topological polar surface area (TPSA) is 55.6 Å². The van der Waals surface area contributed by atoms with Crippen molar-refractivity contribution >= 4 is 5.91 Å². The molecular weight excluding hydrogens is 244 g/mol. The Balaban J connectivity index is 2.10. The Morgan fingerprint density at radius 3 is 2.95 bits per heavy atom. The van der Waals surface area contributed by atoms with Crippen LogP contribution in [0, 0.1) is 0 Å². The van der Waals surface area contributed by atoms with E-state index < -0.39 is 0 Å². The van der Waals surface area contributed by atoms with Crippen LogP contribution in [0.4, 0.5) is 0 Å². The van der Waals surface area contributed by atoms with Crippen molar-refractivity contribution in [2.24, 2.45) is 0 Å². The predicted octanol–water partition coefficient (Wildman–Crippen LogP) is 2.35. The van der Waals surface area contributed by atoms with E-state index in [1.54, 1.807) is 30.3 Å². The monoisotopic (exact) mass is 260 g/mol. The fraction of sp³-hybridized carbons (Fsp3) is 0.286. The molecule has 0 aliphatic carbocycles. The van der Waals surface area contributed by atoms with Gasteiger partial charge in [-0.05, 0) is 25.1 Å². The summed E-state index contributed by atoms with van der Waals surface area (Å²) in [6.45, 7) is 2.86. The van der Waals surface area contributed by atoms with Crippen molar-refractivity contribution in [3.05, 3.63) is 48.0 Å². The molecule has 0 aliphatic heterocycles. The molecule has 0 saturated heterocycles. The molecule has 0 unspecified atom stereocenters. The van der Waals surface area contributed by atoms with E-state index in [1.165, 1.54) is 6.26 Å². The van der Waals surface area contributed by atoms with Gasteiger partial charge in [-0.1, -0.05) is 6.07 Å². The molecule has 0 N–H and O–H groups in total. The fourth-order valence-corrected chi connectivity index (χ4v) is 1.73. The van der Waals surface area contributed by atoms with Gasteiger partial charge >= 0.3 is 0 Å². The number of furan rings is 1. The maximum atomic E-state index is 12.1. The molecule has 2 heterocycles. The molecule has 0 aliphatic rings. The first-order valence-corrected chi connectivity index (χ1v) is 6.08. The predicted molar refractivity (Wildman–Crippen MR) is 69.9 cm³/mol. The lowest BCUT2D eigenvalue weighted by molar-refractivity contribution is 0.0752. The molecular formula is C14H16N2O3. The summed E-state index contributed by atoms with van der Waals surface area (Å²) in [7, 11) is 1.72. The highest BCUT2D eigenvalue weighted by Crippen LogP contribution is 2.17. The maximum Gasteiger partial charge on any atom is 0.289 e. The average Bonchev–Trinajstić information content (AvgIpc) is 2.94. The smallest absolute Gasteiger partial charge is 0.289 e. The summed E-state index contributed by atoms with van der Waals surface area (Å²) in [5, 5.41) is 0. The molecule has 2 aromatic rings. The second-order valence-corrected chi connectivity index (χ2v) is 4.04. The summed E-state index contributed by atoms with van der Waals surface area (Å²) in [5.74, 6) is 0.713. The minimum Gasteiger partial charge on any atom is -0.478 e. The lowest BCUT2D eigenvalue weighted by Crippen LogP contribution is -2.26. The molecule has 0 spiro atoms. The summed E-state index contributed by atoms with van der Waals surface area (Å²) in [5.41, 5.74) is 0.867. The van der Waals surface area contributed by atoms with Gasteiger partial charge in [0.25, 0.3) is 5.91 Å². The van der Waals surface area contributed by atoms with Gasteiger partial charge in [0.15, 0.2) is 5.76 Å². The molecule has 2 rings (SSSR count). The summed E-state index contributed by atoms with van der Waals surface area (Å²) in [4.78, 5) is 17.8. The molecule has 5 nitrogen and oxygen atoms in total. The van der Waals surface area contributed by atoms with Gasteiger partial charge in [-0.3, -0.25) is 4.79 Å². The van der Waals surface area contributed by atoms with Crippen molar-refractivity contribution in [3.63, 3.8) is 0 Å². The molecule has 0 radical (unpaired) electrons. The molecule has 0 aromatic carbocycles. The first-order valence-electron chi connectivity index (χ1n) is 6.08. The molecule has 0 fully saturated rings. The quantitative estimate of drug-likeness (QED) is 0.828. The first kappa shape index (κ1) is 13.1. The summed E-state index contributed by atoms with van der Waals surface area (Å²) >= 11 is 0. The molecule has 0 atom stereocenters. The van der Waals surface area contributed by atoms with Gasteiger partial charge < -0.3 is 14.1 Å². The Labute approximate surface area is 111 Å². The number of rotatable bonds is 5. The number of ether oxygens (including phenoxy) is 1. The molecule has 5 heteroatoms. The summed E-state index contributed by atoms with van der Waals surface area (Å²) in [6, 6.07) is 7.05. The van der Waals surface area contributed by atoms with Gasteiger partial charge in [0.1, 0.15) is 0 Å². The van der Waals surface area contributed by atoms with Crippen LogP contribution in [0.15, 0.2) is 41.1 Å². The largest absolute Gasteiger partial charge is 0.478 e. The number of nitrogens with zero attached hydrogens (tertiary/aromatic N) is 2. The van der Waals surface area contributed by atoms with Crippen molar-refractivity contribution in [3.8, 4) is 5.88 Å². The Morgan fingerprint density at radius 2 is 2.26 bits per heavy atom. The van der Waals surface area contributed by atoms with Crippen LogP contribution >= 0.6 is 0 Å². The van der Waals surface area contributed by atoms with E-state index in [0.29, 0.717) is 24.8 Å². The van der Waals surface area contributed by atoms with Crippen LogP contribution in [0.25, 0.3) is 0 Å². The summed E-state index contributed by atoms with van der Waals surface area (Å²) in [6.07, 6.45) is 3.15.